The van der Waals surface area contributed by atoms with Crippen LogP contribution in [-0.2, 0) is 22.5 Å². The standard InChI is InChI=1S/C25H30N4O3S2/c1-3-29-20(14-17-10-6-4-7-11-17)27-28-25(29)34-16-21(30)26-23-22(24(31)32-2)19(15-33-23)18-12-8-5-9-13-18/h5,8-9,12-13,15,17H,3-4,6-7,10-11,14,16H2,1-2H3,(H,26,30). The molecule has 3 aromatic rings. The molecular weight excluding hydrogens is 468 g/mol. The van der Waals surface area contributed by atoms with Crippen LogP contribution in [0.2, 0.25) is 0 Å². The Labute approximate surface area is 208 Å². The highest BCUT2D eigenvalue weighted by atomic mass is 32.2. The molecule has 0 unspecified atom stereocenters. The molecule has 0 atom stereocenters. The number of esters is 1. The van der Waals surface area contributed by atoms with Gasteiger partial charge in [-0.05, 0) is 18.4 Å². The van der Waals surface area contributed by atoms with Crippen molar-refractivity contribution in [1.29, 1.82) is 0 Å². The molecule has 0 spiro atoms. The Kier molecular flexibility index (Phi) is 8.39. The van der Waals surface area contributed by atoms with E-state index in [9.17, 15) is 9.59 Å². The number of carbonyl (C=O) groups is 2. The molecule has 9 heteroatoms. The zero-order valence-electron chi connectivity index (χ0n) is 19.6. The zero-order chi connectivity index (χ0) is 23.9. The molecule has 1 saturated carbocycles. The number of amides is 1. The summed E-state index contributed by atoms with van der Waals surface area (Å²) < 4.78 is 7.11. The van der Waals surface area contributed by atoms with Gasteiger partial charge in [0, 0.05) is 23.9 Å². The van der Waals surface area contributed by atoms with Crippen molar-refractivity contribution < 1.29 is 14.3 Å². The number of carbonyl (C=O) groups excluding carboxylic acids is 2. The van der Waals surface area contributed by atoms with Gasteiger partial charge in [0.05, 0.1) is 12.9 Å². The minimum Gasteiger partial charge on any atom is -0.465 e. The number of nitrogens with one attached hydrogen (secondary N) is 1. The van der Waals surface area contributed by atoms with Crippen LogP contribution in [0.15, 0.2) is 40.9 Å². The third-order valence-electron chi connectivity index (χ3n) is 6.16. The lowest BCUT2D eigenvalue weighted by atomic mass is 9.87. The number of ether oxygens (including phenoxy) is 1. The second-order valence-corrected chi connectivity index (χ2v) is 10.2. The summed E-state index contributed by atoms with van der Waals surface area (Å²) in [5, 5.41) is 14.8. The first-order valence-electron chi connectivity index (χ1n) is 11.7. The van der Waals surface area contributed by atoms with Gasteiger partial charge < -0.3 is 14.6 Å². The lowest BCUT2D eigenvalue weighted by Crippen LogP contribution is -2.17. The molecule has 0 aliphatic heterocycles. The number of rotatable bonds is 9. The van der Waals surface area contributed by atoms with Gasteiger partial charge in [-0.2, -0.15) is 0 Å². The lowest BCUT2D eigenvalue weighted by Gasteiger charge is -2.21. The van der Waals surface area contributed by atoms with Crippen LogP contribution in [0, 0.1) is 5.92 Å². The Balaban J connectivity index is 1.43. The van der Waals surface area contributed by atoms with Crippen LogP contribution in [0.1, 0.15) is 55.2 Å². The molecule has 2 aromatic heterocycles. The van der Waals surface area contributed by atoms with E-state index >= 15 is 0 Å². The number of aromatic nitrogens is 3. The summed E-state index contributed by atoms with van der Waals surface area (Å²) in [6.07, 6.45) is 7.41. The molecule has 1 aromatic carbocycles. The monoisotopic (exact) mass is 498 g/mol. The predicted octanol–water partition coefficient (Wildman–Crippen LogP) is 5.67. The van der Waals surface area contributed by atoms with Gasteiger partial charge in [-0.25, -0.2) is 4.79 Å². The second kappa shape index (κ2) is 11.7. The molecule has 2 heterocycles. The van der Waals surface area contributed by atoms with Crippen LogP contribution in [-0.4, -0.2) is 39.5 Å². The normalized spacial score (nSPS) is 14.2. The maximum atomic E-state index is 12.8. The van der Waals surface area contributed by atoms with Gasteiger partial charge in [0.1, 0.15) is 16.4 Å². The van der Waals surface area contributed by atoms with Gasteiger partial charge in [0.15, 0.2) is 5.16 Å². The molecule has 0 bridgehead atoms. The van der Waals surface area contributed by atoms with E-state index in [0.29, 0.717) is 16.5 Å². The molecule has 34 heavy (non-hydrogen) atoms. The fourth-order valence-electron chi connectivity index (χ4n) is 4.42. The van der Waals surface area contributed by atoms with Crippen LogP contribution in [0.4, 0.5) is 5.00 Å². The molecule has 0 radical (unpaired) electrons. The van der Waals surface area contributed by atoms with Crippen LogP contribution in [0.5, 0.6) is 0 Å². The van der Waals surface area contributed by atoms with Gasteiger partial charge in [-0.1, -0.05) is 74.2 Å². The van der Waals surface area contributed by atoms with Gasteiger partial charge in [0.25, 0.3) is 0 Å². The van der Waals surface area contributed by atoms with E-state index in [0.717, 1.165) is 35.1 Å². The third kappa shape index (κ3) is 5.70. The lowest BCUT2D eigenvalue weighted by molar-refractivity contribution is -0.113. The molecule has 180 valence electrons. The number of hydrogen-bond acceptors (Lipinski definition) is 7. The van der Waals surface area contributed by atoms with Crippen LogP contribution in [0.3, 0.4) is 0 Å². The Morgan fingerprint density at radius 2 is 1.94 bits per heavy atom. The highest BCUT2D eigenvalue weighted by Gasteiger charge is 2.23. The molecule has 1 fully saturated rings. The maximum absolute atomic E-state index is 12.8. The largest absolute Gasteiger partial charge is 0.465 e. The molecule has 7 nitrogen and oxygen atoms in total. The van der Waals surface area contributed by atoms with Crippen molar-refractivity contribution >= 4 is 40.0 Å². The Hall–Kier alpha value is -2.65. The van der Waals surface area contributed by atoms with E-state index in [1.54, 1.807) is 0 Å². The first-order chi connectivity index (χ1) is 16.6. The number of benzene rings is 1. The van der Waals surface area contributed by atoms with Gasteiger partial charge in [0.2, 0.25) is 5.91 Å². The van der Waals surface area contributed by atoms with E-state index in [4.69, 9.17) is 4.74 Å². The summed E-state index contributed by atoms with van der Waals surface area (Å²) in [6.45, 7) is 2.86. The topological polar surface area (TPSA) is 86.1 Å². The number of hydrogen-bond donors (Lipinski definition) is 1. The van der Waals surface area contributed by atoms with Crippen LogP contribution < -0.4 is 5.32 Å². The Morgan fingerprint density at radius 3 is 2.65 bits per heavy atom. The maximum Gasteiger partial charge on any atom is 0.341 e. The molecule has 1 N–H and O–H groups in total. The van der Waals surface area contributed by atoms with Gasteiger partial charge >= 0.3 is 5.97 Å². The van der Waals surface area contributed by atoms with E-state index in [1.807, 2.05) is 35.7 Å². The van der Waals surface area contributed by atoms with Crippen LogP contribution >= 0.6 is 23.1 Å². The van der Waals surface area contributed by atoms with Crippen molar-refractivity contribution in [1.82, 2.24) is 14.8 Å². The molecule has 1 aliphatic carbocycles. The highest BCUT2D eigenvalue weighted by Crippen LogP contribution is 2.36. The molecule has 4 rings (SSSR count). The first kappa shape index (κ1) is 24.5. The Morgan fingerprint density at radius 1 is 1.18 bits per heavy atom. The number of thiophene rings is 1. The quantitative estimate of drug-likeness (QED) is 0.302. The Bertz CT molecular complexity index is 1120. The smallest absolute Gasteiger partial charge is 0.341 e. The van der Waals surface area contributed by atoms with E-state index in [-0.39, 0.29) is 11.7 Å². The first-order valence-corrected chi connectivity index (χ1v) is 13.6. The highest BCUT2D eigenvalue weighted by molar-refractivity contribution is 7.99. The zero-order valence-corrected chi connectivity index (χ0v) is 21.2. The summed E-state index contributed by atoms with van der Waals surface area (Å²) in [5.74, 6) is 1.20. The average Bonchev–Trinajstić information content (AvgIpc) is 3.47. The summed E-state index contributed by atoms with van der Waals surface area (Å²) in [5.41, 5.74) is 2.03. The van der Waals surface area contributed by atoms with Crippen molar-refractivity contribution in [3.05, 3.63) is 47.1 Å². The number of nitrogens with zero attached hydrogens (tertiary/aromatic N) is 3. The summed E-state index contributed by atoms with van der Waals surface area (Å²) >= 11 is 2.69. The van der Waals surface area contributed by atoms with E-state index in [2.05, 4.69) is 27.0 Å². The fourth-order valence-corrected chi connectivity index (χ4v) is 6.22. The number of methoxy groups -OCH3 is 1. The molecule has 1 amide bonds. The minimum atomic E-state index is -0.471. The fraction of sp³-hybridized carbons (Fsp3) is 0.440. The van der Waals surface area contributed by atoms with Gasteiger partial charge in [-0.3, -0.25) is 4.79 Å². The van der Waals surface area contributed by atoms with Crippen molar-refractivity contribution in [3.63, 3.8) is 0 Å². The number of anilines is 1. The van der Waals surface area contributed by atoms with E-state index in [1.165, 1.54) is 62.3 Å². The second-order valence-electron chi connectivity index (χ2n) is 8.40. The minimum absolute atomic E-state index is 0.181. The van der Waals surface area contributed by atoms with Crippen molar-refractivity contribution in [2.24, 2.45) is 5.92 Å². The SMILES string of the molecule is CCn1c(CC2CCCCC2)nnc1SCC(=O)Nc1scc(-c2ccccc2)c1C(=O)OC. The third-order valence-corrected chi connectivity index (χ3v) is 8.02. The van der Waals surface area contributed by atoms with Crippen molar-refractivity contribution in [3.8, 4) is 11.1 Å². The van der Waals surface area contributed by atoms with E-state index < -0.39 is 5.97 Å². The average molecular weight is 499 g/mol. The van der Waals surface area contributed by atoms with Crippen molar-refractivity contribution in [2.75, 3.05) is 18.2 Å². The van der Waals surface area contributed by atoms with Crippen LogP contribution in [0.25, 0.3) is 11.1 Å². The van der Waals surface area contributed by atoms with Crippen molar-refractivity contribution in [2.45, 2.75) is 57.1 Å². The predicted molar refractivity (Wildman–Crippen MR) is 136 cm³/mol. The summed E-state index contributed by atoms with van der Waals surface area (Å²) in [6, 6.07) is 9.60. The van der Waals surface area contributed by atoms with Gasteiger partial charge in [-0.15, -0.1) is 21.5 Å². The summed E-state index contributed by atoms with van der Waals surface area (Å²) in [7, 11) is 1.35. The number of thioether (sulfide) groups is 1. The summed E-state index contributed by atoms with van der Waals surface area (Å²) in [4.78, 5) is 25.3. The molecule has 0 saturated heterocycles. The molecular formula is C25H30N4O3S2. The molecule has 1 aliphatic rings.